The molecule has 5 rings (SSSR count). The first kappa shape index (κ1) is 21.8. The maximum absolute atomic E-state index is 13.3. The third-order valence-electron chi connectivity index (χ3n) is 6.87. The van der Waals surface area contributed by atoms with E-state index in [-0.39, 0.29) is 11.5 Å². The molecule has 3 aliphatic rings. The number of carbonyl (C=O) groups is 2. The summed E-state index contributed by atoms with van der Waals surface area (Å²) in [5.41, 5.74) is 1.55. The minimum atomic E-state index is -4.57. The number of piperazine rings is 1. The maximum atomic E-state index is 13.3. The van der Waals surface area contributed by atoms with Gasteiger partial charge in [-0.1, -0.05) is 25.0 Å². The second-order valence-corrected chi connectivity index (χ2v) is 9.12. The number of fused-ring (bicyclic) bond motifs is 1. The van der Waals surface area contributed by atoms with Crippen LogP contribution in [0.15, 0.2) is 42.5 Å². The SMILES string of the molecule is O=C1c2ccc(N3CCN(C(=O)c4ccccc4C(F)(F)F)CC3)cc2CN1CCC1CC1. The third kappa shape index (κ3) is 4.43. The standard InChI is InChI=1S/C25H26F3N3O2/c26-25(27,28)22-4-2-1-3-21(22)24(33)30-13-11-29(12-14-30)19-7-8-20-18(15-19)16-31(23(20)32)10-9-17-5-6-17/h1-4,7-8,15,17H,5-6,9-14,16H2. The molecule has 0 atom stereocenters. The van der Waals surface area contributed by atoms with E-state index in [0.717, 1.165) is 41.8 Å². The molecule has 0 aromatic heterocycles. The van der Waals surface area contributed by atoms with Gasteiger partial charge in [-0.25, -0.2) is 0 Å². The number of hydrogen-bond donors (Lipinski definition) is 0. The fourth-order valence-electron chi connectivity index (χ4n) is 4.74. The van der Waals surface area contributed by atoms with Crippen LogP contribution >= 0.6 is 0 Å². The zero-order chi connectivity index (χ0) is 23.2. The molecule has 2 heterocycles. The predicted octanol–water partition coefficient (Wildman–Crippen LogP) is 4.42. The molecule has 1 saturated carbocycles. The number of anilines is 1. The van der Waals surface area contributed by atoms with E-state index in [1.54, 1.807) is 0 Å². The first-order chi connectivity index (χ1) is 15.8. The Bertz CT molecular complexity index is 1070. The highest BCUT2D eigenvalue weighted by atomic mass is 19.4. The Hall–Kier alpha value is -3.03. The zero-order valence-corrected chi connectivity index (χ0v) is 18.3. The summed E-state index contributed by atoms with van der Waals surface area (Å²) < 4.78 is 39.9. The lowest BCUT2D eigenvalue weighted by Crippen LogP contribution is -2.49. The van der Waals surface area contributed by atoms with Crippen LogP contribution in [0, 0.1) is 5.92 Å². The molecule has 2 aromatic carbocycles. The third-order valence-corrected chi connectivity index (χ3v) is 6.87. The molecule has 2 amide bonds. The van der Waals surface area contributed by atoms with Crippen molar-refractivity contribution in [3.8, 4) is 0 Å². The molecule has 0 radical (unpaired) electrons. The van der Waals surface area contributed by atoms with E-state index in [0.29, 0.717) is 32.7 Å². The van der Waals surface area contributed by atoms with Crippen molar-refractivity contribution in [2.75, 3.05) is 37.6 Å². The summed E-state index contributed by atoms with van der Waals surface area (Å²) in [5, 5.41) is 0. The number of carbonyl (C=O) groups excluding carboxylic acids is 2. The second-order valence-electron chi connectivity index (χ2n) is 9.12. The van der Waals surface area contributed by atoms with Crippen molar-refractivity contribution >= 4 is 17.5 Å². The van der Waals surface area contributed by atoms with Gasteiger partial charge in [-0.3, -0.25) is 9.59 Å². The van der Waals surface area contributed by atoms with Crippen molar-refractivity contribution < 1.29 is 22.8 Å². The molecule has 0 spiro atoms. The van der Waals surface area contributed by atoms with Gasteiger partial charge in [0, 0.05) is 50.5 Å². The molecule has 2 fully saturated rings. The van der Waals surface area contributed by atoms with Gasteiger partial charge in [-0.2, -0.15) is 13.2 Å². The van der Waals surface area contributed by atoms with E-state index in [9.17, 15) is 22.8 Å². The summed E-state index contributed by atoms with van der Waals surface area (Å²) in [5.74, 6) is 0.281. The molecule has 33 heavy (non-hydrogen) atoms. The van der Waals surface area contributed by atoms with Crippen LogP contribution in [-0.2, 0) is 12.7 Å². The largest absolute Gasteiger partial charge is 0.417 e. The lowest BCUT2D eigenvalue weighted by Gasteiger charge is -2.36. The second kappa shape index (κ2) is 8.39. The van der Waals surface area contributed by atoms with Crippen LogP contribution < -0.4 is 4.90 Å². The smallest absolute Gasteiger partial charge is 0.368 e. The normalized spacial score (nSPS) is 18.6. The summed E-state index contributed by atoms with van der Waals surface area (Å²) >= 11 is 0. The van der Waals surface area contributed by atoms with E-state index in [2.05, 4.69) is 4.90 Å². The Balaban J connectivity index is 1.23. The minimum absolute atomic E-state index is 0.0935. The molecule has 0 unspecified atom stereocenters. The molecule has 5 nitrogen and oxygen atoms in total. The number of benzene rings is 2. The number of amides is 2. The molecule has 174 valence electrons. The summed E-state index contributed by atoms with van der Waals surface area (Å²) in [4.78, 5) is 31.0. The topological polar surface area (TPSA) is 43.9 Å². The van der Waals surface area contributed by atoms with Gasteiger partial charge in [0.05, 0.1) is 11.1 Å². The van der Waals surface area contributed by atoms with E-state index in [1.807, 2.05) is 23.1 Å². The Morgan fingerprint density at radius 2 is 1.73 bits per heavy atom. The van der Waals surface area contributed by atoms with Gasteiger partial charge in [0.2, 0.25) is 0 Å². The Morgan fingerprint density at radius 3 is 2.42 bits per heavy atom. The van der Waals surface area contributed by atoms with Crippen molar-refractivity contribution in [3.63, 3.8) is 0 Å². The van der Waals surface area contributed by atoms with Gasteiger partial charge < -0.3 is 14.7 Å². The van der Waals surface area contributed by atoms with Crippen molar-refractivity contribution in [2.24, 2.45) is 5.92 Å². The van der Waals surface area contributed by atoms with Gasteiger partial charge in [-0.15, -0.1) is 0 Å². The van der Waals surface area contributed by atoms with Crippen molar-refractivity contribution in [3.05, 3.63) is 64.7 Å². The lowest BCUT2D eigenvalue weighted by molar-refractivity contribution is -0.138. The van der Waals surface area contributed by atoms with Gasteiger partial charge in [-0.05, 0) is 48.2 Å². The molecule has 0 N–H and O–H groups in total. The van der Waals surface area contributed by atoms with Crippen molar-refractivity contribution in [1.82, 2.24) is 9.80 Å². The molecule has 1 saturated heterocycles. The van der Waals surface area contributed by atoms with Crippen LogP contribution in [-0.4, -0.2) is 54.3 Å². The molecule has 8 heteroatoms. The number of hydrogen-bond acceptors (Lipinski definition) is 3. The van der Waals surface area contributed by atoms with E-state index in [4.69, 9.17) is 0 Å². The van der Waals surface area contributed by atoms with Crippen LogP contribution in [0.25, 0.3) is 0 Å². The fraction of sp³-hybridized carbons (Fsp3) is 0.440. The predicted molar refractivity (Wildman–Crippen MR) is 118 cm³/mol. The van der Waals surface area contributed by atoms with Crippen LogP contribution in [0.3, 0.4) is 0 Å². The highest BCUT2D eigenvalue weighted by Gasteiger charge is 2.36. The molecule has 1 aliphatic carbocycles. The molecular formula is C25H26F3N3O2. The van der Waals surface area contributed by atoms with E-state index < -0.39 is 17.6 Å². The number of halogens is 3. The number of rotatable bonds is 5. The average Bonchev–Trinajstić information content (AvgIpc) is 3.59. The Labute approximate surface area is 190 Å². The van der Waals surface area contributed by atoms with Gasteiger partial charge >= 0.3 is 6.18 Å². The Kier molecular flexibility index (Phi) is 5.54. The van der Waals surface area contributed by atoms with Gasteiger partial charge in [0.15, 0.2) is 0 Å². The Morgan fingerprint density at radius 1 is 1.00 bits per heavy atom. The average molecular weight is 457 g/mol. The summed E-state index contributed by atoms with van der Waals surface area (Å²) in [7, 11) is 0. The van der Waals surface area contributed by atoms with Crippen molar-refractivity contribution in [2.45, 2.75) is 32.0 Å². The first-order valence-corrected chi connectivity index (χ1v) is 11.4. The molecule has 2 aromatic rings. The quantitative estimate of drug-likeness (QED) is 0.668. The monoisotopic (exact) mass is 457 g/mol. The molecule has 2 aliphatic heterocycles. The number of nitrogens with zero attached hydrogens (tertiary/aromatic N) is 3. The van der Waals surface area contributed by atoms with Crippen LogP contribution in [0.1, 0.15) is 51.1 Å². The minimum Gasteiger partial charge on any atom is -0.368 e. The van der Waals surface area contributed by atoms with Gasteiger partial charge in [0.25, 0.3) is 11.8 Å². The van der Waals surface area contributed by atoms with E-state index >= 15 is 0 Å². The van der Waals surface area contributed by atoms with Crippen LogP contribution in [0.5, 0.6) is 0 Å². The van der Waals surface area contributed by atoms with Gasteiger partial charge in [0.1, 0.15) is 0 Å². The first-order valence-electron chi connectivity index (χ1n) is 11.4. The lowest BCUT2D eigenvalue weighted by atomic mass is 10.1. The summed E-state index contributed by atoms with van der Waals surface area (Å²) in [6.45, 7) is 3.16. The highest BCUT2D eigenvalue weighted by Crippen LogP contribution is 2.35. The van der Waals surface area contributed by atoms with Crippen LogP contribution in [0.4, 0.5) is 18.9 Å². The van der Waals surface area contributed by atoms with Crippen molar-refractivity contribution in [1.29, 1.82) is 0 Å². The van der Waals surface area contributed by atoms with Crippen LogP contribution in [0.2, 0.25) is 0 Å². The molecular weight excluding hydrogens is 431 g/mol. The summed E-state index contributed by atoms with van der Waals surface area (Å²) in [6, 6.07) is 10.8. The zero-order valence-electron chi connectivity index (χ0n) is 18.3. The molecule has 0 bridgehead atoms. The highest BCUT2D eigenvalue weighted by molar-refractivity contribution is 5.99. The maximum Gasteiger partial charge on any atom is 0.417 e. The number of alkyl halides is 3. The summed E-state index contributed by atoms with van der Waals surface area (Å²) in [6.07, 6.45) is -0.951. The van der Waals surface area contributed by atoms with E-state index in [1.165, 1.54) is 35.9 Å². The fourth-order valence-corrected chi connectivity index (χ4v) is 4.74.